The number of hydrogen-bond donors (Lipinski definition) is 1. The number of unbranched alkanes of at least 4 members (excludes halogenated alkanes) is 8. The average Bonchev–Trinajstić information content (AvgIpc) is 3.00. The van der Waals surface area contributed by atoms with E-state index in [0.717, 1.165) is 51.4 Å². The van der Waals surface area contributed by atoms with Crippen molar-refractivity contribution in [1.29, 1.82) is 0 Å². The van der Waals surface area contributed by atoms with Crippen LogP contribution in [0.3, 0.4) is 0 Å². The van der Waals surface area contributed by atoms with Crippen LogP contribution in [0.15, 0.2) is 0 Å². The van der Waals surface area contributed by atoms with Gasteiger partial charge in [-0.3, -0.25) is 9.59 Å². The molecule has 1 amide bonds. The molecule has 1 aliphatic rings. The van der Waals surface area contributed by atoms with Gasteiger partial charge in [0.15, 0.2) is 0 Å². The summed E-state index contributed by atoms with van der Waals surface area (Å²) >= 11 is 0. The Kier molecular flexibility index (Phi) is 11.8. The highest BCUT2D eigenvalue weighted by atomic mass is 16.9. The zero-order valence-corrected chi connectivity index (χ0v) is 15.8. The number of nitrogens with zero attached hydrogens (tertiary/aromatic N) is 1. The maximum atomic E-state index is 11.8. The standard InChI is InChI=1S/C18H30N2O7/c21-15(14-17(22)19-16-11-13-26-18(16)23)10-8-6-4-2-1-3-5-7-9-12-27-20(24)25/h16H,1-14H2,(H,19,22). The van der Waals surface area contributed by atoms with Gasteiger partial charge in [0.25, 0.3) is 5.09 Å². The number of ketones is 1. The molecule has 1 fully saturated rings. The fourth-order valence-electron chi connectivity index (χ4n) is 2.94. The van der Waals surface area contributed by atoms with E-state index in [4.69, 9.17) is 4.74 Å². The third kappa shape index (κ3) is 11.9. The molecule has 1 heterocycles. The quantitative estimate of drug-likeness (QED) is 0.142. The molecule has 1 N–H and O–H groups in total. The fraction of sp³-hybridized carbons (Fsp3) is 0.833. The molecule has 0 aromatic rings. The molecule has 0 radical (unpaired) electrons. The molecule has 1 saturated heterocycles. The molecule has 27 heavy (non-hydrogen) atoms. The van der Waals surface area contributed by atoms with E-state index in [1.807, 2.05) is 0 Å². The van der Waals surface area contributed by atoms with Crippen LogP contribution in [0.4, 0.5) is 0 Å². The Bertz CT molecular complexity index is 496. The number of ether oxygens (including phenoxy) is 1. The van der Waals surface area contributed by atoms with Gasteiger partial charge in [0.05, 0.1) is 19.6 Å². The molecular weight excluding hydrogens is 356 g/mol. The lowest BCUT2D eigenvalue weighted by molar-refractivity contribution is -0.757. The highest BCUT2D eigenvalue weighted by molar-refractivity contribution is 5.99. The predicted molar refractivity (Wildman–Crippen MR) is 96.2 cm³/mol. The summed E-state index contributed by atoms with van der Waals surface area (Å²) in [5.74, 6) is -0.941. The predicted octanol–water partition coefficient (Wildman–Crippen LogP) is 2.49. The minimum atomic E-state index is -0.761. The van der Waals surface area contributed by atoms with E-state index < -0.39 is 23.0 Å². The molecule has 0 bridgehead atoms. The number of nitrogens with one attached hydrogen (secondary N) is 1. The molecule has 9 heteroatoms. The van der Waals surface area contributed by atoms with Gasteiger partial charge in [-0.05, 0) is 12.8 Å². The highest BCUT2D eigenvalue weighted by Crippen LogP contribution is 2.11. The Balaban J connectivity index is 1.87. The van der Waals surface area contributed by atoms with Crippen molar-refractivity contribution in [2.45, 2.75) is 83.1 Å². The summed E-state index contributed by atoms with van der Waals surface area (Å²) in [5.41, 5.74) is 0. The van der Waals surface area contributed by atoms with Gasteiger partial charge in [0.1, 0.15) is 11.8 Å². The van der Waals surface area contributed by atoms with Gasteiger partial charge in [0.2, 0.25) is 5.91 Å². The van der Waals surface area contributed by atoms with Gasteiger partial charge in [-0.25, -0.2) is 4.79 Å². The van der Waals surface area contributed by atoms with Gasteiger partial charge in [0, 0.05) is 12.8 Å². The van der Waals surface area contributed by atoms with Gasteiger partial charge in [-0.2, -0.15) is 0 Å². The van der Waals surface area contributed by atoms with Crippen LogP contribution in [0, 0.1) is 10.1 Å². The molecule has 0 aliphatic carbocycles. The molecule has 1 unspecified atom stereocenters. The molecule has 1 aliphatic heterocycles. The monoisotopic (exact) mass is 386 g/mol. The van der Waals surface area contributed by atoms with E-state index in [9.17, 15) is 24.5 Å². The van der Waals surface area contributed by atoms with Crippen LogP contribution in [-0.2, 0) is 24.0 Å². The van der Waals surface area contributed by atoms with Gasteiger partial charge in [-0.15, -0.1) is 10.1 Å². The first kappa shape index (κ1) is 22.9. The second-order valence-electron chi connectivity index (χ2n) is 6.78. The zero-order valence-electron chi connectivity index (χ0n) is 15.8. The molecule has 1 atom stereocenters. The smallest absolute Gasteiger partial charge is 0.328 e. The number of rotatable bonds is 16. The Morgan fingerprint density at radius 3 is 2.22 bits per heavy atom. The van der Waals surface area contributed by atoms with E-state index >= 15 is 0 Å². The lowest BCUT2D eigenvalue weighted by Crippen LogP contribution is -2.38. The van der Waals surface area contributed by atoms with Crippen molar-refractivity contribution in [2.24, 2.45) is 0 Å². The second-order valence-corrected chi connectivity index (χ2v) is 6.78. The lowest BCUT2D eigenvalue weighted by Gasteiger charge is -2.08. The number of Topliss-reactive ketones (excluding diaryl/α,β-unsaturated/α-hetero) is 1. The number of carbonyl (C=O) groups excluding carboxylic acids is 3. The molecule has 154 valence electrons. The van der Waals surface area contributed by atoms with Crippen LogP contribution in [0.1, 0.15) is 77.0 Å². The largest absolute Gasteiger partial charge is 0.464 e. The van der Waals surface area contributed by atoms with Crippen LogP contribution < -0.4 is 5.32 Å². The van der Waals surface area contributed by atoms with E-state index in [0.29, 0.717) is 25.9 Å². The van der Waals surface area contributed by atoms with E-state index in [2.05, 4.69) is 10.2 Å². The molecule has 0 aromatic carbocycles. The highest BCUT2D eigenvalue weighted by Gasteiger charge is 2.28. The van der Waals surface area contributed by atoms with E-state index in [-0.39, 0.29) is 18.8 Å². The number of cyclic esters (lactones) is 1. The maximum Gasteiger partial charge on any atom is 0.328 e. The van der Waals surface area contributed by atoms with Gasteiger partial charge >= 0.3 is 5.97 Å². The minimum absolute atomic E-state index is 0.101. The van der Waals surface area contributed by atoms with E-state index in [1.165, 1.54) is 0 Å². The fourth-order valence-corrected chi connectivity index (χ4v) is 2.94. The first-order chi connectivity index (χ1) is 13.0. The van der Waals surface area contributed by atoms with Crippen LogP contribution in [0.25, 0.3) is 0 Å². The van der Waals surface area contributed by atoms with Crippen molar-refractivity contribution in [3.05, 3.63) is 10.1 Å². The molecule has 9 nitrogen and oxygen atoms in total. The third-order valence-electron chi connectivity index (χ3n) is 4.42. The van der Waals surface area contributed by atoms with Crippen LogP contribution in [0.2, 0.25) is 0 Å². The molecule has 0 saturated carbocycles. The van der Waals surface area contributed by atoms with Crippen LogP contribution >= 0.6 is 0 Å². The summed E-state index contributed by atoms with van der Waals surface area (Å²) in [4.78, 5) is 48.9. The molecule has 1 rings (SSSR count). The van der Waals surface area contributed by atoms with Crippen LogP contribution in [0.5, 0.6) is 0 Å². The number of esters is 1. The molecule has 0 aromatic heterocycles. The lowest BCUT2D eigenvalue weighted by atomic mass is 10.0. The molecule has 0 spiro atoms. The van der Waals surface area contributed by atoms with Crippen molar-refractivity contribution < 1.29 is 29.0 Å². The van der Waals surface area contributed by atoms with Crippen LogP contribution in [-0.4, -0.2) is 42.0 Å². The number of carbonyl (C=O) groups is 3. The average molecular weight is 386 g/mol. The maximum absolute atomic E-state index is 11.8. The second kappa shape index (κ2) is 13.9. The molecular formula is C18H30N2O7. The SMILES string of the molecule is O=C(CCCCCCCCCCCO[N+](=O)[O-])CC(=O)NC1CCOC1=O. The normalized spacial score (nSPS) is 16.0. The Hall–Kier alpha value is -2.19. The van der Waals surface area contributed by atoms with Gasteiger partial charge < -0.3 is 14.9 Å². The summed E-state index contributed by atoms with van der Waals surface area (Å²) in [6.07, 6.45) is 9.46. The zero-order chi connectivity index (χ0) is 19.9. The summed E-state index contributed by atoms with van der Waals surface area (Å²) in [6, 6.07) is -0.606. The summed E-state index contributed by atoms with van der Waals surface area (Å²) in [6.45, 7) is 0.484. The Morgan fingerprint density at radius 1 is 1.07 bits per heavy atom. The van der Waals surface area contributed by atoms with Crippen molar-refractivity contribution in [3.8, 4) is 0 Å². The Labute approximate surface area is 159 Å². The Morgan fingerprint density at radius 2 is 1.67 bits per heavy atom. The van der Waals surface area contributed by atoms with E-state index in [1.54, 1.807) is 0 Å². The summed E-state index contributed by atoms with van der Waals surface area (Å²) < 4.78 is 4.76. The topological polar surface area (TPSA) is 125 Å². The van der Waals surface area contributed by atoms with Crippen molar-refractivity contribution >= 4 is 17.7 Å². The van der Waals surface area contributed by atoms with Crippen molar-refractivity contribution in [1.82, 2.24) is 5.32 Å². The third-order valence-corrected chi connectivity index (χ3v) is 4.42. The number of hydrogen-bond acceptors (Lipinski definition) is 7. The first-order valence-electron chi connectivity index (χ1n) is 9.74. The van der Waals surface area contributed by atoms with Crippen molar-refractivity contribution in [3.63, 3.8) is 0 Å². The van der Waals surface area contributed by atoms with Gasteiger partial charge in [-0.1, -0.05) is 44.9 Å². The first-order valence-corrected chi connectivity index (χ1v) is 9.74. The summed E-state index contributed by atoms with van der Waals surface area (Å²) in [7, 11) is 0. The van der Waals surface area contributed by atoms with Crippen molar-refractivity contribution in [2.75, 3.05) is 13.2 Å². The summed E-state index contributed by atoms with van der Waals surface area (Å²) in [5, 5.41) is 11.7. The minimum Gasteiger partial charge on any atom is -0.464 e. The number of amides is 1.